The molecule has 2 bridgehead atoms. The van der Waals surface area contributed by atoms with Gasteiger partial charge >= 0.3 is 5.97 Å². The number of hydrogen-bond donors (Lipinski definition) is 1. The molecule has 10 nitrogen and oxygen atoms in total. The van der Waals surface area contributed by atoms with E-state index in [0.717, 1.165) is 64.1 Å². The summed E-state index contributed by atoms with van der Waals surface area (Å²) in [6.07, 6.45) is 2.27. The predicted octanol–water partition coefficient (Wildman–Crippen LogP) is 3.67. The van der Waals surface area contributed by atoms with Crippen LogP contribution in [0.3, 0.4) is 0 Å². The van der Waals surface area contributed by atoms with Crippen molar-refractivity contribution in [1.29, 1.82) is 0 Å². The Balaban J connectivity index is 0.981. The van der Waals surface area contributed by atoms with Gasteiger partial charge in [0, 0.05) is 50.9 Å². The first-order valence-electron chi connectivity index (χ1n) is 15.3. The Hall–Kier alpha value is -2.08. The van der Waals surface area contributed by atoms with E-state index in [1.54, 1.807) is 0 Å². The molecule has 1 aliphatic carbocycles. The summed E-state index contributed by atoms with van der Waals surface area (Å²) in [7, 11) is 0. The number of morpholine rings is 1. The molecule has 1 aromatic rings. The fraction of sp³-hybridized carbons (Fsp3) is 0.742. The number of rotatable bonds is 8. The first-order valence-corrected chi connectivity index (χ1v) is 15.3. The van der Waals surface area contributed by atoms with Gasteiger partial charge in [-0.15, -0.1) is 0 Å². The molecule has 7 rings (SSSR count). The number of ether oxygens (including phenoxy) is 4. The molecule has 0 radical (unpaired) electrons. The Labute approximate surface area is 242 Å². The van der Waals surface area contributed by atoms with Crippen molar-refractivity contribution in [3.63, 3.8) is 0 Å². The zero-order chi connectivity index (χ0) is 28.6. The van der Waals surface area contributed by atoms with Gasteiger partial charge in [0.2, 0.25) is 18.0 Å². The average Bonchev–Trinajstić information content (AvgIpc) is 3.20. The summed E-state index contributed by atoms with van der Waals surface area (Å²) in [6.45, 7) is 11.0. The summed E-state index contributed by atoms with van der Waals surface area (Å²) >= 11 is 0. The van der Waals surface area contributed by atoms with Gasteiger partial charge in [0.1, 0.15) is 0 Å². The van der Waals surface area contributed by atoms with E-state index in [1.165, 1.54) is 5.56 Å². The topological polar surface area (TPSA) is 105 Å². The fourth-order valence-electron chi connectivity index (χ4n) is 7.48. The van der Waals surface area contributed by atoms with E-state index in [2.05, 4.69) is 29.3 Å². The lowest BCUT2D eigenvalue weighted by Crippen LogP contribution is -2.70. The zero-order valence-electron chi connectivity index (χ0n) is 24.5. The average molecular weight is 573 g/mol. The van der Waals surface area contributed by atoms with Crippen LogP contribution in [-0.4, -0.2) is 67.0 Å². The lowest BCUT2D eigenvalue weighted by Gasteiger charge is -2.59. The van der Waals surface area contributed by atoms with Crippen LogP contribution in [0.25, 0.3) is 0 Å². The van der Waals surface area contributed by atoms with Crippen LogP contribution < -0.4 is 5.32 Å². The van der Waals surface area contributed by atoms with E-state index in [4.69, 9.17) is 28.7 Å². The molecule has 1 spiro atoms. The Morgan fingerprint density at radius 1 is 1.00 bits per heavy atom. The molecule has 1 aromatic carbocycles. The maximum absolute atomic E-state index is 12.8. The van der Waals surface area contributed by atoms with Crippen molar-refractivity contribution in [2.24, 2.45) is 23.7 Å². The highest BCUT2D eigenvalue weighted by molar-refractivity contribution is 5.81. The smallest absolute Gasteiger partial charge is 0.308 e. The van der Waals surface area contributed by atoms with E-state index < -0.39 is 29.9 Å². The van der Waals surface area contributed by atoms with Gasteiger partial charge in [0.05, 0.1) is 19.6 Å². The number of nitrogens with one attached hydrogen (secondary N) is 1. The molecule has 6 fully saturated rings. The van der Waals surface area contributed by atoms with Crippen LogP contribution in [0, 0.1) is 23.7 Å². The Bertz CT molecular complexity index is 1090. The first kappa shape index (κ1) is 29.0. The van der Waals surface area contributed by atoms with E-state index in [-0.39, 0.29) is 36.5 Å². The van der Waals surface area contributed by atoms with Gasteiger partial charge in [0.15, 0.2) is 11.9 Å². The van der Waals surface area contributed by atoms with Gasteiger partial charge in [-0.25, -0.2) is 9.78 Å². The van der Waals surface area contributed by atoms with Gasteiger partial charge in [-0.3, -0.25) is 14.5 Å². The molecule has 5 aliphatic heterocycles. The largest absolute Gasteiger partial charge is 0.435 e. The molecule has 41 heavy (non-hydrogen) atoms. The number of amides is 1. The predicted molar refractivity (Wildman–Crippen MR) is 147 cm³/mol. The highest BCUT2D eigenvalue weighted by Crippen LogP contribution is 2.60. The number of hydrogen-bond acceptors (Lipinski definition) is 9. The van der Waals surface area contributed by atoms with Crippen LogP contribution in [0.1, 0.15) is 70.4 Å². The summed E-state index contributed by atoms with van der Waals surface area (Å²) in [6, 6.07) is 8.26. The highest BCUT2D eigenvalue weighted by atomic mass is 17.3. The normalized spacial score (nSPS) is 38.5. The third kappa shape index (κ3) is 5.92. The number of nitrogens with zero attached hydrogens (tertiary/aromatic N) is 1. The molecule has 6 aliphatic rings. The molecule has 1 amide bonds. The second kappa shape index (κ2) is 11.9. The molecule has 0 aromatic heterocycles. The molecule has 5 saturated heterocycles. The van der Waals surface area contributed by atoms with E-state index in [9.17, 15) is 9.59 Å². The van der Waals surface area contributed by atoms with Crippen molar-refractivity contribution < 1.29 is 38.3 Å². The summed E-state index contributed by atoms with van der Waals surface area (Å²) < 4.78 is 23.9. The van der Waals surface area contributed by atoms with E-state index >= 15 is 0 Å². The third-order valence-electron chi connectivity index (χ3n) is 9.92. The zero-order valence-corrected chi connectivity index (χ0v) is 24.5. The molecule has 8 atom stereocenters. The van der Waals surface area contributed by atoms with Gasteiger partial charge in [-0.2, -0.15) is 0 Å². The summed E-state index contributed by atoms with van der Waals surface area (Å²) in [5, 5.41) is 2.91. The van der Waals surface area contributed by atoms with E-state index in [0.29, 0.717) is 12.5 Å². The second-order valence-electron chi connectivity index (χ2n) is 12.7. The van der Waals surface area contributed by atoms with Gasteiger partial charge < -0.3 is 24.3 Å². The number of carbonyl (C=O) groups is 2. The Morgan fingerprint density at radius 2 is 1.76 bits per heavy atom. The van der Waals surface area contributed by atoms with Gasteiger partial charge in [-0.1, -0.05) is 38.1 Å². The number of esters is 1. The van der Waals surface area contributed by atoms with Crippen molar-refractivity contribution in [1.82, 2.24) is 10.2 Å². The van der Waals surface area contributed by atoms with Crippen molar-refractivity contribution in [2.45, 2.75) is 96.4 Å². The summed E-state index contributed by atoms with van der Waals surface area (Å²) in [4.78, 5) is 39.7. The summed E-state index contributed by atoms with van der Waals surface area (Å²) in [5.41, 5.74) is 1.56. The molecule has 5 heterocycles. The highest BCUT2D eigenvalue weighted by Gasteiger charge is 2.69. The lowest BCUT2D eigenvalue weighted by atomic mass is 9.58. The fourth-order valence-corrected chi connectivity index (χ4v) is 7.48. The minimum Gasteiger partial charge on any atom is -0.435 e. The van der Waals surface area contributed by atoms with Crippen molar-refractivity contribution >= 4 is 11.9 Å². The number of fused-ring (bicyclic) bond motifs is 2. The van der Waals surface area contributed by atoms with Gasteiger partial charge in [-0.05, 0) is 49.1 Å². The van der Waals surface area contributed by atoms with Gasteiger partial charge in [0.25, 0.3) is 0 Å². The van der Waals surface area contributed by atoms with Crippen LogP contribution in [0.5, 0.6) is 0 Å². The standard InChI is InChI=1S/C31H44N2O8/c1-20-4-9-25-21(2)28(38-29-31(25)24(20)12-13-30(3,39-29)40-41-31)37-27(35)11-10-26(34)32-18-22-5-7-23(8-6-22)19-33-14-16-36-17-15-33/h5-8,20-21,24-25,28-29H,4,9-19H2,1-3H3,(H,32,34)/t20-,21-,24+,25-,28-,29-,30-,31-/m1/s1. The third-order valence-corrected chi connectivity index (χ3v) is 9.92. The quantitative estimate of drug-likeness (QED) is 0.369. The molecule has 0 unspecified atom stereocenters. The monoisotopic (exact) mass is 572 g/mol. The number of benzene rings is 1. The molecular weight excluding hydrogens is 528 g/mol. The van der Waals surface area contributed by atoms with Crippen molar-refractivity contribution in [2.75, 3.05) is 26.3 Å². The van der Waals surface area contributed by atoms with Crippen LogP contribution in [0.15, 0.2) is 24.3 Å². The lowest BCUT2D eigenvalue weighted by molar-refractivity contribution is -0.576. The molecule has 1 N–H and O–H groups in total. The van der Waals surface area contributed by atoms with Crippen molar-refractivity contribution in [3.8, 4) is 0 Å². The molecule has 226 valence electrons. The van der Waals surface area contributed by atoms with Crippen LogP contribution >= 0.6 is 0 Å². The van der Waals surface area contributed by atoms with Crippen LogP contribution in [-0.2, 0) is 51.4 Å². The van der Waals surface area contributed by atoms with Crippen molar-refractivity contribution in [3.05, 3.63) is 35.4 Å². The van der Waals surface area contributed by atoms with Crippen LogP contribution in [0.2, 0.25) is 0 Å². The van der Waals surface area contributed by atoms with E-state index in [1.807, 2.05) is 26.0 Å². The first-order chi connectivity index (χ1) is 19.8. The number of carbonyl (C=O) groups excluding carboxylic acids is 2. The summed E-state index contributed by atoms with van der Waals surface area (Å²) in [5.74, 6) is -0.840. The molecule has 10 heteroatoms. The maximum atomic E-state index is 12.8. The Morgan fingerprint density at radius 3 is 2.54 bits per heavy atom. The Kier molecular flexibility index (Phi) is 8.42. The second-order valence-corrected chi connectivity index (χ2v) is 12.7. The van der Waals surface area contributed by atoms with Crippen LogP contribution in [0.4, 0.5) is 0 Å². The minimum atomic E-state index is -0.881. The SMILES string of the molecule is C[C@H]1[C@H](OC(=O)CCC(=O)NCc2ccc(CN3CCOCC3)cc2)O[C@@H]2O[C@@]3(C)CC[C@H]4[C@H](C)CC[C@H]1[C@@]24OO3. The minimum absolute atomic E-state index is 0.0186. The molecule has 1 saturated carbocycles. The maximum Gasteiger partial charge on any atom is 0.308 e. The molecular formula is C31H44N2O8.